The molecule has 0 heterocycles. The van der Waals surface area contributed by atoms with Crippen molar-refractivity contribution in [3.63, 3.8) is 0 Å². The molecule has 0 aromatic heterocycles. The van der Waals surface area contributed by atoms with Gasteiger partial charge < -0.3 is 0 Å². The summed E-state index contributed by atoms with van der Waals surface area (Å²) < 4.78 is 25.9. The molecule has 9 heavy (non-hydrogen) atoms. The fourth-order valence-electron chi connectivity index (χ4n) is 0.708. The van der Waals surface area contributed by atoms with E-state index in [0.717, 1.165) is 0 Å². The molecule has 0 saturated carbocycles. The monoisotopic (exact) mass is 260 g/mol. The lowest BCUT2D eigenvalue weighted by molar-refractivity contribution is 0.0149. The first-order valence-electron chi connectivity index (χ1n) is 2.42. The lowest BCUT2D eigenvalue weighted by atomic mass is 10.3. The van der Waals surface area contributed by atoms with Crippen LogP contribution in [0.25, 0.3) is 0 Å². The minimum atomic E-state index is -2.53. The van der Waals surface area contributed by atoms with Crippen molar-refractivity contribution in [2.75, 3.05) is 0 Å². The molecule has 0 atom stereocenters. The highest BCUT2D eigenvalue weighted by Crippen LogP contribution is 2.44. The van der Waals surface area contributed by atoms with Gasteiger partial charge in [-0.25, -0.2) is 8.78 Å². The molecule has 0 spiro atoms. The Bertz CT molecular complexity index is 146. The normalized spacial score (nSPS) is 25.3. The first kappa shape index (κ1) is 7.66. The SMILES string of the molecule is FC1(F)CC(Br)=C(Br)C1. The van der Waals surface area contributed by atoms with Crippen molar-refractivity contribution in [3.05, 3.63) is 8.96 Å². The molecule has 0 aliphatic heterocycles. The van der Waals surface area contributed by atoms with E-state index in [1.165, 1.54) is 0 Å². The van der Waals surface area contributed by atoms with E-state index in [0.29, 0.717) is 8.96 Å². The standard InChI is InChI=1S/C5H4Br2F2/c6-3-1-5(8,9)2-4(3)7/h1-2H2. The van der Waals surface area contributed by atoms with Crippen LogP contribution in [0.1, 0.15) is 12.8 Å². The molecule has 52 valence electrons. The van der Waals surface area contributed by atoms with Crippen molar-refractivity contribution in [2.45, 2.75) is 18.8 Å². The zero-order chi connectivity index (χ0) is 7.07. The summed E-state index contributed by atoms with van der Waals surface area (Å²) in [5.74, 6) is -2.53. The molecule has 1 aliphatic rings. The van der Waals surface area contributed by atoms with Crippen molar-refractivity contribution in [3.8, 4) is 0 Å². The zero-order valence-electron chi connectivity index (χ0n) is 4.43. The van der Waals surface area contributed by atoms with Gasteiger partial charge in [0.25, 0.3) is 5.92 Å². The van der Waals surface area contributed by atoms with Crippen LogP contribution >= 0.6 is 31.9 Å². The van der Waals surface area contributed by atoms with Gasteiger partial charge in [-0.3, -0.25) is 0 Å². The molecule has 0 fully saturated rings. The second-order valence-electron chi connectivity index (χ2n) is 2.02. The van der Waals surface area contributed by atoms with E-state index in [9.17, 15) is 8.78 Å². The predicted molar refractivity (Wildman–Crippen MR) is 39.1 cm³/mol. The van der Waals surface area contributed by atoms with E-state index in [-0.39, 0.29) is 12.8 Å². The van der Waals surface area contributed by atoms with Crippen LogP contribution in [0.4, 0.5) is 8.78 Å². The van der Waals surface area contributed by atoms with Crippen molar-refractivity contribution in [1.82, 2.24) is 0 Å². The van der Waals surface area contributed by atoms with Crippen LogP contribution in [0, 0.1) is 0 Å². The number of allylic oxidation sites excluding steroid dienone is 2. The highest BCUT2D eigenvalue weighted by atomic mass is 79.9. The van der Waals surface area contributed by atoms with E-state index in [4.69, 9.17) is 0 Å². The van der Waals surface area contributed by atoms with Gasteiger partial charge in [0.1, 0.15) is 0 Å². The van der Waals surface area contributed by atoms with Crippen LogP contribution in [-0.4, -0.2) is 5.92 Å². The second-order valence-corrected chi connectivity index (χ2v) is 3.93. The number of hydrogen-bond donors (Lipinski definition) is 0. The van der Waals surface area contributed by atoms with Gasteiger partial charge in [-0.05, 0) is 0 Å². The molecule has 0 N–H and O–H groups in total. The Morgan fingerprint density at radius 1 is 1.11 bits per heavy atom. The van der Waals surface area contributed by atoms with E-state index in [1.54, 1.807) is 0 Å². The lowest BCUT2D eigenvalue weighted by Crippen LogP contribution is -2.08. The van der Waals surface area contributed by atoms with Crippen LogP contribution in [0.3, 0.4) is 0 Å². The molecular weight excluding hydrogens is 258 g/mol. The Hall–Kier alpha value is 0.560. The van der Waals surface area contributed by atoms with Gasteiger partial charge in [-0.15, -0.1) is 0 Å². The van der Waals surface area contributed by atoms with Gasteiger partial charge in [0.05, 0.1) is 0 Å². The molecule has 0 radical (unpaired) electrons. The number of hydrogen-bond acceptors (Lipinski definition) is 0. The maximum Gasteiger partial charge on any atom is 0.257 e. The molecular formula is C5H4Br2F2. The molecule has 0 nitrogen and oxygen atoms in total. The summed E-state index contributed by atoms with van der Waals surface area (Å²) in [6, 6.07) is 0. The van der Waals surface area contributed by atoms with Crippen molar-refractivity contribution in [2.24, 2.45) is 0 Å². The Labute approximate surface area is 68.6 Å². The summed E-state index contributed by atoms with van der Waals surface area (Å²) in [6.07, 6.45) is -0.318. The summed E-state index contributed by atoms with van der Waals surface area (Å²) in [6.45, 7) is 0. The van der Waals surface area contributed by atoms with Gasteiger partial charge in [-0.1, -0.05) is 31.9 Å². The minimum Gasteiger partial charge on any atom is -0.206 e. The van der Waals surface area contributed by atoms with Crippen LogP contribution in [0.15, 0.2) is 8.96 Å². The largest absolute Gasteiger partial charge is 0.257 e. The molecule has 4 heteroatoms. The number of rotatable bonds is 0. The fourth-order valence-corrected chi connectivity index (χ4v) is 1.81. The average Bonchev–Trinajstić information content (AvgIpc) is 1.79. The van der Waals surface area contributed by atoms with Crippen molar-refractivity contribution < 1.29 is 8.78 Å². The van der Waals surface area contributed by atoms with E-state index >= 15 is 0 Å². The highest BCUT2D eigenvalue weighted by Gasteiger charge is 2.37. The van der Waals surface area contributed by atoms with Gasteiger partial charge in [-0.2, -0.15) is 0 Å². The quantitative estimate of drug-likeness (QED) is 0.627. The molecule has 0 bridgehead atoms. The molecule has 1 aliphatic carbocycles. The third-order valence-corrected chi connectivity index (χ3v) is 3.17. The Morgan fingerprint density at radius 3 is 1.56 bits per heavy atom. The zero-order valence-corrected chi connectivity index (χ0v) is 7.60. The molecule has 0 aromatic rings. The van der Waals surface area contributed by atoms with Gasteiger partial charge in [0, 0.05) is 21.8 Å². The van der Waals surface area contributed by atoms with Crippen LogP contribution in [0.2, 0.25) is 0 Å². The summed E-state index contributed by atoms with van der Waals surface area (Å²) in [7, 11) is 0. The first-order valence-corrected chi connectivity index (χ1v) is 4.01. The van der Waals surface area contributed by atoms with Crippen LogP contribution in [0.5, 0.6) is 0 Å². The Morgan fingerprint density at radius 2 is 1.44 bits per heavy atom. The molecule has 0 saturated heterocycles. The molecule has 0 unspecified atom stereocenters. The van der Waals surface area contributed by atoms with Crippen LogP contribution < -0.4 is 0 Å². The van der Waals surface area contributed by atoms with Gasteiger partial charge >= 0.3 is 0 Å². The van der Waals surface area contributed by atoms with E-state index < -0.39 is 5.92 Å². The maximum absolute atomic E-state index is 12.3. The van der Waals surface area contributed by atoms with E-state index in [2.05, 4.69) is 31.9 Å². The average molecular weight is 262 g/mol. The highest BCUT2D eigenvalue weighted by molar-refractivity contribution is 9.14. The minimum absolute atomic E-state index is 0.159. The Kier molecular flexibility index (Phi) is 1.97. The lowest BCUT2D eigenvalue weighted by Gasteiger charge is -2.04. The Balaban J connectivity index is 2.70. The topological polar surface area (TPSA) is 0 Å². The number of halogens is 4. The number of alkyl halides is 2. The van der Waals surface area contributed by atoms with E-state index in [1.807, 2.05) is 0 Å². The summed E-state index contributed by atoms with van der Waals surface area (Å²) in [4.78, 5) is 0. The fraction of sp³-hybridized carbons (Fsp3) is 0.600. The maximum atomic E-state index is 12.3. The third kappa shape index (κ3) is 1.74. The molecule has 0 amide bonds. The predicted octanol–water partition coefficient (Wildman–Crippen LogP) is 3.42. The second kappa shape index (κ2) is 2.31. The van der Waals surface area contributed by atoms with Crippen molar-refractivity contribution in [1.29, 1.82) is 0 Å². The van der Waals surface area contributed by atoms with Gasteiger partial charge in [0.15, 0.2) is 0 Å². The van der Waals surface area contributed by atoms with Gasteiger partial charge in [0.2, 0.25) is 0 Å². The van der Waals surface area contributed by atoms with Crippen molar-refractivity contribution >= 4 is 31.9 Å². The smallest absolute Gasteiger partial charge is 0.206 e. The summed E-state index contributed by atoms with van der Waals surface area (Å²) >= 11 is 6.06. The van der Waals surface area contributed by atoms with Crippen LogP contribution in [-0.2, 0) is 0 Å². The summed E-state index contributed by atoms with van der Waals surface area (Å²) in [5, 5.41) is 0. The first-order chi connectivity index (χ1) is 4.01. The summed E-state index contributed by atoms with van der Waals surface area (Å²) in [5.41, 5.74) is 0. The molecule has 1 rings (SSSR count). The molecule has 0 aromatic carbocycles. The third-order valence-electron chi connectivity index (χ3n) is 1.12.